The summed E-state index contributed by atoms with van der Waals surface area (Å²) in [4.78, 5) is 7.77. The summed E-state index contributed by atoms with van der Waals surface area (Å²) < 4.78 is 6.26. The maximum atomic E-state index is 5.78. The van der Waals surface area contributed by atoms with E-state index in [-0.39, 0.29) is 0 Å². The summed E-state index contributed by atoms with van der Waals surface area (Å²) in [7, 11) is 0. The van der Waals surface area contributed by atoms with Gasteiger partial charge in [0.2, 0.25) is 0 Å². The van der Waals surface area contributed by atoms with E-state index in [1.165, 1.54) is 0 Å². The Labute approximate surface area is 119 Å². The predicted molar refractivity (Wildman–Crippen MR) is 82.1 cm³/mol. The van der Waals surface area contributed by atoms with Gasteiger partial charge < -0.3 is 9.40 Å². The second kappa shape index (κ2) is 4.28. The predicted octanol–water partition coefficient (Wildman–Crippen LogP) is 4.71. The molecule has 20 heavy (non-hydrogen) atoms. The molecule has 96 valence electrons. The van der Waals surface area contributed by atoms with Crippen LogP contribution in [0.3, 0.4) is 0 Å². The highest BCUT2D eigenvalue weighted by Crippen LogP contribution is 2.29. The number of rotatable bonds is 1. The SMILES string of the molecule is S=c1nc(-c2ccccc2)[nH]c2c1oc1ccccc12. The smallest absolute Gasteiger partial charge is 0.188 e. The largest absolute Gasteiger partial charge is 0.451 e. The lowest BCUT2D eigenvalue weighted by atomic mass is 10.2. The third-order valence-corrected chi connectivity index (χ3v) is 3.57. The number of nitrogens with one attached hydrogen (secondary N) is 1. The normalized spacial score (nSPS) is 11.2. The van der Waals surface area contributed by atoms with E-state index >= 15 is 0 Å². The van der Waals surface area contributed by atoms with Crippen LogP contribution in [0.5, 0.6) is 0 Å². The zero-order valence-electron chi connectivity index (χ0n) is 10.5. The van der Waals surface area contributed by atoms with Gasteiger partial charge in [0.05, 0.1) is 5.52 Å². The summed E-state index contributed by atoms with van der Waals surface area (Å²) in [6.45, 7) is 0. The van der Waals surface area contributed by atoms with E-state index in [0.717, 1.165) is 27.9 Å². The van der Waals surface area contributed by atoms with Crippen molar-refractivity contribution in [3.63, 3.8) is 0 Å². The first-order valence-corrected chi connectivity index (χ1v) is 6.71. The van der Waals surface area contributed by atoms with Gasteiger partial charge in [-0.2, -0.15) is 0 Å². The maximum Gasteiger partial charge on any atom is 0.188 e. The fraction of sp³-hybridized carbons (Fsp3) is 0. The third kappa shape index (κ3) is 1.66. The van der Waals surface area contributed by atoms with E-state index in [0.29, 0.717) is 10.2 Å². The molecule has 1 N–H and O–H groups in total. The molecule has 0 spiro atoms. The molecular weight excluding hydrogens is 268 g/mol. The molecule has 3 nitrogen and oxygen atoms in total. The molecule has 0 aliphatic heterocycles. The van der Waals surface area contributed by atoms with Crippen molar-refractivity contribution >= 4 is 34.3 Å². The minimum atomic E-state index is 0.480. The Morgan fingerprint density at radius 3 is 2.55 bits per heavy atom. The molecule has 2 aromatic heterocycles. The van der Waals surface area contributed by atoms with Crippen LogP contribution in [0.25, 0.3) is 33.5 Å². The van der Waals surface area contributed by atoms with Gasteiger partial charge in [0.25, 0.3) is 0 Å². The van der Waals surface area contributed by atoms with Crippen LogP contribution in [-0.2, 0) is 0 Å². The van der Waals surface area contributed by atoms with Crippen molar-refractivity contribution in [2.45, 2.75) is 0 Å². The molecule has 0 radical (unpaired) electrons. The lowest BCUT2D eigenvalue weighted by molar-refractivity contribution is 0.664. The molecule has 0 aliphatic rings. The Kier molecular flexibility index (Phi) is 2.44. The fourth-order valence-electron chi connectivity index (χ4n) is 2.35. The number of furan rings is 1. The Morgan fingerprint density at radius 2 is 1.70 bits per heavy atom. The number of benzene rings is 2. The second-order valence-corrected chi connectivity index (χ2v) is 4.95. The first-order valence-electron chi connectivity index (χ1n) is 6.30. The summed E-state index contributed by atoms with van der Waals surface area (Å²) >= 11 is 5.36. The van der Waals surface area contributed by atoms with Gasteiger partial charge in [0.1, 0.15) is 11.4 Å². The number of nitrogens with zero attached hydrogens (tertiary/aromatic N) is 1. The Bertz CT molecular complexity index is 970. The molecule has 0 saturated carbocycles. The number of hydrogen-bond donors (Lipinski definition) is 1. The van der Waals surface area contributed by atoms with Crippen LogP contribution in [0.4, 0.5) is 0 Å². The molecule has 0 unspecified atom stereocenters. The van der Waals surface area contributed by atoms with Gasteiger partial charge in [0, 0.05) is 10.9 Å². The lowest BCUT2D eigenvalue weighted by Crippen LogP contribution is -1.89. The molecule has 0 bridgehead atoms. The van der Waals surface area contributed by atoms with Crippen molar-refractivity contribution < 1.29 is 4.42 Å². The monoisotopic (exact) mass is 278 g/mol. The number of para-hydroxylation sites is 1. The molecular formula is C16H10N2OS. The summed E-state index contributed by atoms with van der Waals surface area (Å²) in [5, 5.41) is 1.02. The van der Waals surface area contributed by atoms with Gasteiger partial charge in [-0.05, 0) is 12.1 Å². The van der Waals surface area contributed by atoms with Gasteiger partial charge in [-0.1, -0.05) is 54.7 Å². The standard InChI is InChI=1S/C16H10N2OS/c20-16-14-13(11-8-4-5-9-12(11)19-14)17-15(18-16)10-6-2-1-3-7-10/h1-9H,(H,17,18,20). The molecule has 4 aromatic rings. The Balaban J connectivity index is 2.11. The molecule has 2 heterocycles. The van der Waals surface area contributed by atoms with Crippen LogP contribution >= 0.6 is 12.2 Å². The Hall–Kier alpha value is -2.46. The topological polar surface area (TPSA) is 41.8 Å². The summed E-state index contributed by atoms with van der Waals surface area (Å²) in [6.07, 6.45) is 0. The zero-order chi connectivity index (χ0) is 13.5. The Morgan fingerprint density at radius 1 is 0.950 bits per heavy atom. The summed E-state index contributed by atoms with van der Waals surface area (Å²) in [5.41, 5.74) is 3.36. The van der Waals surface area contributed by atoms with Crippen LogP contribution in [-0.4, -0.2) is 9.97 Å². The van der Waals surface area contributed by atoms with E-state index in [1.807, 2.05) is 54.6 Å². The zero-order valence-corrected chi connectivity index (χ0v) is 11.3. The van der Waals surface area contributed by atoms with E-state index in [9.17, 15) is 0 Å². The van der Waals surface area contributed by atoms with Crippen LogP contribution in [0.15, 0.2) is 59.0 Å². The molecule has 0 saturated heterocycles. The van der Waals surface area contributed by atoms with Crippen LogP contribution in [0.2, 0.25) is 0 Å². The number of fused-ring (bicyclic) bond motifs is 3. The van der Waals surface area contributed by atoms with E-state index < -0.39 is 0 Å². The molecule has 2 aromatic carbocycles. The molecule has 4 heteroatoms. The second-order valence-electron chi connectivity index (χ2n) is 4.56. The number of hydrogen-bond acceptors (Lipinski definition) is 3. The van der Waals surface area contributed by atoms with Crippen LogP contribution in [0.1, 0.15) is 0 Å². The molecule has 4 rings (SSSR count). The van der Waals surface area contributed by atoms with Crippen molar-refractivity contribution in [3.8, 4) is 11.4 Å². The lowest BCUT2D eigenvalue weighted by Gasteiger charge is -2.01. The first kappa shape index (κ1) is 11.4. The average Bonchev–Trinajstić information content (AvgIpc) is 2.88. The van der Waals surface area contributed by atoms with Crippen LogP contribution < -0.4 is 0 Å². The molecule has 0 amide bonds. The third-order valence-electron chi connectivity index (χ3n) is 3.29. The molecule has 0 atom stereocenters. The van der Waals surface area contributed by atoms with Crippen molar-refractivity contribution in [3.05, 3.63) is 59.2 Å². The minimum absolute atomic E-state index is 0.480. The highest BCUT2D eigenvalue weighted by Gasteiger charge is 2.11. The number of H-pyrrole nitrogens is 1. The van der Waals surface area contributed by atoms with Crippen molar-refractivity contribution in [1.82, 2.24) is 9.97 Å². The highest BCUT2D eigenvalue weighted by atomic mass is 32.1. The first-order chi connectivity index (χ1) is 9.83. The van der Waals surface area contributed by atoms with E-state index in [4.69, 9.17) is 16.6 Å². The fourth-order valence-corrected chi connectivity index (χ4v) is 2.59. The summed E-state index contributed by atoms with van der Waals surface area (Å²) in [6, 6.07) is 17.8. The van der Waals surface area contributed by atoms with Crippen LogP contribution in [0, 0.1) is 4.64 Å². The van der Waals surface area contributed by atoms with Gasteiger partial charge >= 0.3 is 0 Å². The summed E-state index contributed by atoms with van der Waals surface area (Å²) in [5.74, 6) is 0.759. The average molecular weight is 278 g/mol. The van der Waals surface area contributed by atoms with Gasteiger partial charge in [-0.15, -0.1) is 0 Å². The quantitative estimate of drug-likeness (QED) is 0.513. The van der Waals surface area contributed by atoms with Gasteiger partial charge in [-0.3, -0.25) is 0 Å². The highest BCUT2D eigenvalue weighted by molar-refractivity contribution is 7.71. The van der Waals surface area contributed by atoms with Crippen molar-refractivity contribution in [2.75, 3.05) is 0 Å². The number of aromatic amines is 1. The molecule has 0 aliphatic carbocycles. The van der Waals surface area contributed by atoms with E-state index in [2.05, 4.69) is 9.97 Å². The van der Waals surface area contributed by atoms with Crippen molar-refractivity contribution in [1.29, 1.82) is 0 Å². The van der Waals surface area contributed by atoms with Gasteiger partial charge in [0.15, 0.2) is 10.2 Å². The maximum absolute atomic E-state index is 5.78. The molecule has 0 fully saturated rings. The van der Waals surface area contributed by atoms with E-state index in [1.54, 1.807) is 0 Å². The van der Waals surface area contributed by atoms with Crippen molar-refractivity contribution in [2.24, 2.45) is 0 Å². The minimum Gasteiger partial charge on any atom is -0.451 e. The number of aromatic nitrogens is 2. The van der Waals surface area contributed by atoms with Gasteiger partial charge in [-0.25, -0.2) is 4.98 Å².